The zero-order valence-electron chi connectivity index (χ0n) is 13.9. The normalized spacial score (nSPS) is 12.5. The standard InChI is InChI=1S/C16H17F2N5OS2/c1-2-9(6-24)20-13-12-14(21-15(19)26-12)23-16(22-13)25-7-8-4-3-5-10(17)11(8)18/h3-5,9,24H,2,6-7H2,1H3,(H3,19,20,21,22,23). The number of aromatic nitrogens is 3. The number of nitrogens with zero attached hydrogens (tertiary/aromatic N) is 3. The van der Waals surface area contributed by atoms with E-state index < -0.39 is 11.6 Å². The minimum absolute atomic E-state index is 0.0484. The Labute approximate surface area is 156 Å². The Morgan fingerprint density at radius 3 is 2.85 bits per heavy atom. The van der Waals surface area contributed by atoms with Crippen LogP contribution in [0.25, 0.3) is 10.3 Å². The SMILES string of the molecule is CCC(CO)Nc1nc(SCc2cccc(F)c2F)nc2nc(N)sc12. The van der Waals surface area contributed by atoms with Crippen LogP contribution in [0.5, 0.6) is 0 Å². The van der Waals surface area contributed by atoms with E-state index in [1.165, 1.54) is 35.2 Å². The third-order valence-electron chi connectivity index (χ3n) is 3.69. The fraction of sp³-hybridized carbons (Fsp3) is 0.312. The summed E-state index contributed by atoms with van der Waals surface area (Å²) in [6.07, 6.45) is 0.702. The van der Waals surface area contributed by atoms with E-state index in [9.17, 15) is 13.9 Å². The summed E-state index contributed by atoms with van der Waals surface area (Å²) in [6.45, 7) is 1.89. The molecule has 0 fully saturated rings. The minimum Gasteiger partial charge on any atom is -0.394 e. The maximum Gasteiger partial charge on any atom is 0.191 e. The number of benzene rings is 1. The molecule has 138 valence electrons. The van der Waals surface area contributed by atoms with Crippen molar-refractivity contribution in [1.82, 2.24) is 15.0 Å². The van der Waals surface area contributed by atoms with Crippen molar-refractivity contribution in [3.63, 3.8) is 0 Å². The Hall–Kier alpha value is -2.04. The van der Waals surface area contributed by atoms with Gasteiger partial charge in [0.05, 0.1) is 12.6 Å². The van der Waals surface area contributed by atoms with Crippen molar-refractivity contribution in [2.45, 2.75) is 30.3 Å². The van der Waals surface area contributed by atoms with Gasteiger partial charge in [-0.3, -0.25) is 0 Å². The number of aliphatic hydroxyl groups excluding tert-OH is 1. The lowest BCUT2D eigenvalue weighted by molar-refractivity contribution is 0.271. The Morgan fingerprint density at radius 1 is 1.31 bits per heavy atom. The Balaban J connectivity index is 1.89. The molecule has 4 N–H and O–H groups in total. The van der Waals surface area contributed by atoms with Crippen LogP contribution in [0.15, 0.2) is 23.4 Å². The van der Waals surface area contributed by atoms with E-state index in [1.807, 2.05) is 6.92 Å². The number of rotatable bonds is 7. The second-order valence-electron chi connectivity index (χ2n) is 5.49. The summed E-state index contributed by atoms with van der Waals surface area (Å²) in [5.74, 6) is -1.07. The monoisotopic (exact) mass is 397 g/mol. The minimum atomic E-state index is -0.886. The van der Waals surface area contributed by atoms with E-state index >= 15 is 0 Å². The topological polar surface area (TPSA) is 97.0 Å². The Bertz CT molecular complexity index is 917. The molecule has 0 aliphatic carbocycles. The third kappa shape index (κ3) is 4.02. The van der Waals surface area contributed by atoms with Crippen molar-refractivity contribution < 1.29 is 13.9 Å². The van der Waals surface area contributed by atoms with Gasteiger partial charge in [0.1, 0.15) is 4.70 Å². The Morgan fingerprint density at radius 2 is 2.12 bits per heavy atom. The lowest BCUT2D eigenvalue weighted by Gasteiger charge is -2.15. The molecular weight excluding hydrogens is 380 g/mol. The first-order valence-electron chi connectivity index (χ1n) is 7.89. The summed E-state index contributed by atoms with van der Waals surface area (Å²) < 4.78 is 27.8. The van der Waals surface area contributed by atoms with Gasteiger partial charge in [0.15, 0.2) is 33.4 Å². The van der Waals surface area contributed by atoms with Gasteiger partial charge >= 0.3 is 0 Å². The van der Waals surface area contributed by atoms with Crippen LogP contribution in [-0.2, 0) is 5.75 Å². The molecule has 0 aliphatic rings. The van der Waals surface area contributed by atoms with Crippen molar-refractivity contribution in [1.29, 1.82) is 0 Å². The van der Waals surface area contributed by atoms with Crippen LogP contribution in [0.3, 0.4) is 0 Å². The number of hydrogen-bond donors (Lipinski definition) is 3. The molecule has 26 heavy (non-hydrogen) atoms. The zero-order valence-corrected chi connectivity index (χ0v) is 15.5. The molecular formula is C16H17F2N5OS2. The number of nitrogens with one attached hydrogen (secondary N) is 1. The molecule has 0 saturated heterocycles. The highest BCUT2D eigenvalue weighted by Gasteiger charge is 2.16. The molecule has 0 saturated carbocycles. The molecule has 1 unspecified atom stereocenters. The maximum absolute atomic E-state index is 13.8. The molecule has 2 aromatic heterocycles. The van der Waals surface area contributed by atoms with Gasteiger partial charge in [-0.1, -0.05) is 42.2 Å². The van der Waals surface area contributed by atoms with E-state index in [1.54, 1.807) is 0 Å². The number of thiazole rings is 1. The number of hydrogen-bond acceptors (Lipinski definition) is 8. The van der Waals surface area contributed by atoms with Crippen LogP contribution in [0.1, 0.15) is 18.9 Å². The molecule has 0 aliphatic heterocycles. The van der Waals surface area contributed by atoms with E-state index in [0.717, 1.165) is 6.07 Å². The largest absolute Gasteiger partial charge is 0.394 e. The number of nitrogen functional groups attached to an aromatic ring is 1. The molecule has 2 heterocycles. The molecule has 1 aromatic carbocycles. The number of fused-ring (bicyclic) bond motifs is 1. The summed E-state index contributed by atoms with van der Waals surface area (Å²) in [5, 5.41) is 13.3. The molecule has 1 atom stereocenters. The van der Waals surface area contributed by atoms with Gasteiger partial charge in [0.25, 0.3) is 0 Å². The van der Waals surface area contributed by atoms with Gasteiger partial charge in [0, 0.05) is 11.3 Å². The number of thioether (sulfide) groups is 1. The number of anilines is 2. The van der Waals surface area contributed by atoms with Crippen molar-refractivity contribution in [2.75, 3.05) is 17.7 Å². The first-order valence-corrected chi connectivity index (χ1v) is 9.69. The molecule has 3 aromatic rings. The van der Waals surface area contributed by atoms with Gasteiger partial charge in [-0.25, -0.2) is 23.7 Å². The lowest BCUT2D eigenvalue weighted by Crippen LogP contribution is -2.23. The molecule has 0 radical (unpaired) electrons. The van der Waals surface area contributed by atoms with Gasteiger partial charge in [-0.05, 0) is 12.5 Å². The lowest BCUT2D eigenvalue weighted by atomic mass is 10.2. The predicted molar refractivity (Wildman–Crippen MR) is 100 cm³/mol. The summed E-state index contributed by atoms with van der Waals surface area (Å²) in [7, 11) is 0. The van der Waals surface area contributed by atoms with Crippen LogP contribution in [0.2, 0.25) is 0 Å². The van der Waals surface area contributed by atoms with E-state index in [0.29, 0.717) is 32.9 Å². The van der Waals surface area contributed by atoms with E-state index in [-0.39, 0.29) is 24.0 Å². The van der Waals surface area contributed by atoms with Crippen molar-refractivity contribution in [3.8, 4) is 0 Å². The highest BCUT2D eigenvalue weighted by atomic mass is 32.2. The predicted octanol–water partition coefficient (Wildman–Crippen LogP) is 3.42. The average molecular weight is 397 g/mol. The average Bonchev–Trinajstić information content (AvgIpc) is 3.01. The van der Waals surface area contributed by atoms with Crippen LogP contribution in [0.4, 0.5) is 19.7 Å². The summed E-state index contributed by atoms with van der Waals surface area (Å²) in [6, 6.07) is 3.88. The third-order valence-corrected chi connectivity index (χ3v) is 5.47. The van der Waals surface area contributed by atoms with Gasteiger partial charge in [0.2, 0.25) is 0 Å². The first-order chi connectivity index (χ1) is 12.5. The second-order valence-corrected chi connectivity index (χ2v) is 7.47. The van der Waals surface area contributed by atoms with Crippen LogP contribution in [-0.4, -0.2) is 32.7 Å². The summed E-state index contributed by atoms with van der Waals surface area (Å²) >= 11 is 2.42. The van der Waals surface area contributed by atoms with Gasteiger partial charge < -0.3 is 16.2 Å². The summed E-state index contributed by atoms with van der Waals surface area (Å²) in [4.78, 5) is 13.0. The number of halogens is 2. The molecule has 10 heteroatoms. The number of nitrogens with two attached hydrogens (primary N) is 1. The van der Waals surface area contributed by atoms with E-state index in [2.05, 4.69) is 20.3 Å². The molecule has 0 amide bonds. The molecule has 3 rings (SSSR count). The van der Waals surface area contributed by atoms with E-state index in [4.69, 9.17) is 5.73 Å². The molecule has 6 nitrogen and oxygen atoms in total. The highest BCUT2D eigenvalue weighted by molar-refractivity contribution is 7.98. The molecule has 0 bridgehead atoms. The van der Waals surface area contributed by atoms with Gasteiger partial charge in [-0.2, -0.15) is 0 Å². The Kier molecular flexibility index (Phi) is 5.84. The zero-order chi connectivity index (χ0) is 18.7. The van der Waals surface area contributed by atoms with Gasteiger partial charge in [-0.15, -0.1) is 0 Å². The highest BCUT2D eigenvalue weighted by Crippen LogP contribution is 2.32. The smallest absolute Gasteiger partial charge is 0.191 e. The fourth-order valence-corrected chi connectivity index (χ4v) is 3.79. The second kappa shape index (κ2) is 8.11. The van der Waals surface area contributed by atoms with Crippen molar-refractivity contribution in [2.24, 2.45) is 0 Å². The van der Waals surface area contributed by atoms with Crippen LogP contribution in [0, 0.1) is 11.6 Å². The van der Waals surface area contributed by atoms with Crippen LogP contribution >= 0.6 is 23.1 Å². The van der Waals surface area contributed by atoms with Crippen molar-refractivity contribution >= 4 is 44.4 Å². The quantitative estimate of drug-likeness (QED) is 0.415. The maximum atomic E-state index is 13.8. The van der Waals surface area contributed by atoms with Crippen molar-refractivity contribution in [3.05, 3.63) is 35.4 Å². The van der Waals surface area contributed by atoms with Crippen LogP contribution < -0.4 is 11.1 Å². The molecule has 0 spiro atoms. The fourth-order valence-electron chi connectivity index (χ4n) is 2.25. The first kappa shape index (κ1) is 18.7. The summed E-state index contributed by atoms with van der Waals surface area (Å²) in [5.41, 5.74) is 6.43. The number of aliphatic hydroxyl groups is 1.